The van der Waals surface area contributed by atoms with Crippen molar-refractivity contribution >= 4 is 0 Å². The molecule has 0 aromatic carbocycles. The molecular formula is C13H20FN. The molecule has 15 heavy (non-hydrogen) atoms. The summed E-state index contributed by atoms with van der Waals surface area (Å²) in [5.41, 5.74) is 1.06. The molecule has 84 valence electrons. The Balaban J connectivity index is 2.44. The van der Waals surface area contributed by atoms with Crippen molar-refractivity contribution in [2.24, 2.45) is 5.92 Å². The summed E-state index contributed by atoms with van der Waals surface area (Å²) >= 11 is 0. The van der Waals surface area contributed by atoms with Crippen LogP contribution in [0.3, 0.4) is 0 Å². The van der Waals surface area contributed by atoms with E-state index in [-0.39, 0.29) is 5.83 Å². The molecule has 1 fully saturated rings. The number of hydrogen-bond donors (Lipinski definition) is 0. The fourth-order valence-corrected chi connectivity index (χ4v) is 1.80. The first-order valence-corrected chi connectivity index (χ1v) is 5.50. The van der Waals surface area contributed by atoms with Gasteiger partial charge >= 0.3 is 0 Å². The van der Waals surface area contributed by atoms with E-state index in [1.807, 2.05) is 6.08 Å². The second-order valence-corrected chi connectivity index (χ2v) is 4.16. The fourth-order valence-electron chi connectivity index (χ4n) is 1.80. The zero-order chi connectivity index (χ0) is 11.3. The van der Waals surface area contributed by atoms with Crippen molar-refractivity contribution in [1.29, 1.82) is 0 Å². The highest BCUT2D eigenvalue weighted by Crippen LogP contribution is 2.23. The van der Waals surface area contributed by atoms with Crippen LogP contribution in [0.1, 0.15) is 19.8 Å². The van der Waals surface area contributed by atoms with Crippen molar-refractivity contribution in [3.63, 3.8) is 0 Å². The minimum Gasteiger partial charge on any atom is -0.306 e. The molecule has 0 aromatic rings. The zero-order valence-electron chi connectivity index (χ0n) is 9.67. The van der Waals surface area contributed by atoms with Gasteiger partial charge in [0.1, 0.15) is 5.83 Å². The molecule has 0 atom stereocenters. The van der Waals surface area contributed by atoms with E-state index in [4.69, 9.17) is 0 Å². The van der Waals surface area contributed by atoms with E-state index in [9.17, 15) is 4.39 Å². The normalized spacial score (nSPS) is 21.1. The fraction of sp³-hybridized carbons (Fsp3) is 0.538. The number of hydrogen-bond acceptors (Lipinski definition) is 1. The molecule has 0 radical (unpaired) electrons. The van der Waals surface area contributed by atoms with E-state index in [1.165, 1.54) is 12.2 Å². The summed E-state index contributed by atoms with van der Waals surface area (Å²) in [5, 5.41) is 0. The van der Waals surface area contributed by atoms with Gasteiger partial charge in [-0.25, -0.2) is 4.39 Å². The van der Waals surface area contributed by atoms with Crippen LogP contribution in [0.4, 0.5) is 4.39 Å². The van der Waals surface area contributed by atoms with Crippen LogP contribution in [0.25, 0.3) is 0 Å². The highest BCUT2D eigenvalue weighted by molar-refractivity contribution is 5.24. The van der Waals surface area contributed by atoms with Gasteiger partial charge in [0.15, 0.2) is 0 Å². The Labute approximate surface area is 92.0 Å². The molecule has 0 unspecified atom stereocenters. The number of likely N-dealkylation sites (tertiary alicyclic amines) is 1. The monoisotopic (exact) mass is 209 g/mol. The van der Waals surface area contributed by atoms with Crippen LogP contribution in [-0.2, 0) is 0 Å². The first-order chi connectivity index (χ1) is 7.13. The Bertz CT molecular complexity index is 270. The van der Waals surface area contributed by atoms with Crippen molar-refractivity contribution in [3.8, 4) is 0 Å². The highest BCUT2D eigenvalue weighted by Gasteiger charge is 2.17. The predicted octanol–water partition coefficient (Wildman–Crippen LogP) is 3.31. The lowest BCUT2D eigenvalue weighted by atomic mass is 9.90. The first-order valence-electron chi connectivity index (χ1n) is 5.50. The van der Waals surface area contributed by atoms with Crippen LogP contribution < -0.4 is 0 Å². The van der Waals surface area contributed by atoms with Crippen molar-refractivity contribution in [1.82, 2.24) is 4.90 Å². The van der Waals surface area contributed by atoms with Crippen molar-refractivity contribution in [2.75, 3.05) is 20.1 Å². The van der Waals surface area contributed by atoms with Crippen LogP contribution in [-0.4, -0.2) is 25.0 Å². The Morgan fingerprint density at radius 3 is 2.47 bits per heavy atom. The lowest BCUT2D eigenvalue weighted by Gasteiger charge is -2.29. The maximum Gasteiger partial charge on any atom is 0.118 e. The third-order valence-electron chi connectivity index (χ3n) is 2.98. The summed E-state index contributed by atoms with van der Waals surface area (Å²) in [4.78, 5) is 2.32. The Morgan fingerprint density at radius 2 is 1.93 bits per heavy atom. The second-order valence-electron chi connectivity index (χ2n) is 4.16. The van der Waals surface area contributed by atoms with Gasteiger partial charge in [0.2, 0.25) is 0 Å². The van der Waals surface area contributed by atoms with Gasteiger partial charge in [-0.2, -0.15) is 0 Å². The smallest absolute Gasteiger partial charge is 0.118 e. The van der Waals surface area contributed by atoms with E-state index in [0.29, 0.717) is 5.92 Å². The van der Waals surface area contributed by atoms with Crippen LogP contribution in [0.5, 0.6) is 0 Å². The molecule has 1 aliphatic rings. The van der Waals surface area contributed by atoms with Crippen molar-refractivity contribution < 1.29 is 4.39 Å². The third-order valence-corrected chi connectivity index (χ3v) is 2.98. The number of piperidine rings is 1. The van der Waals surface area contributed by atoms with Crippen LogP contribution >= 0.6 is 0 Å². The quantitative estimate of drug-likeness (QED) is 0.644. The Kier molecular flexibility index (Phi) is 4.76. The van der Waals surface area contributed by atoms with E-state index in [2.05, 4.69) is 18.5 Å². The van der Waals surface area contributed by atoms with Gasteiger partial charge in [0.05, 0.1) is 0 Å². The SMILES string of the molecule is C=C(/C=C\C(F)=C/C)C1CCN(C)CC1. The number of allylic oxidation sites excluding steroid dienone is 5. The topological polar surface area (TPSA) is 3.24 Å². The number of halogens is 1. The molecule has 1 nitrogen and oxygen atoms in total. The van der Waals surface area contributed by atoms with E-state index < -0.39 is 0 Å². The second kappa shape index (κ2) is 5.86. The Morgan fingerprint density at radius 1 is 1.33 bits per heavy atom. The van der Waals surface area contributed by atoms with Crippen LogP contribution in [0, 0.1) is 5.92 Å². The molecule has 1 heterocycles. The average Bonchev–Trinajstić information content (AvgIpc) is 2.26. The maximum atomic E-state index is 12.8. The molecule has 0 N–H and O–H groups in total. The van der Waals surface area contributed by atoms with Gasteiger partial charge in [0, 0.05) is 0 Å². The van der Waals surface area contributed by atoms with Gasteiger partial charge in [-0.15, -0.1) is 0 Å². The molecule has 0 saturated carbocycles. The van der Waals surface area contributed by atoms with Crippen molar-refractivity contribution in [2.45, 2.75) is 19.8 Å². The van der Waals surface area contributed by atoms with Gasteiger partial charge in [-0.3, -0.25) is 0 Å². The summed E-state index contributed by atoms with van der Waals surface area (Å²) in [6.45, 7) is 7.93. The minimum atomic E-state index is -0.191. The lowest BCUT2D eigenvalue weighted by Crippen LogP contribution is -2.30. The molecule has 2 heteroatoms. The summed E-state index contributed by atoms with van der Waals surface area (Å²) < 4.78 is 12.8. The molecule has 0 bridgehead atoms. The molecule has 0 spiro atoms. The predicted molar refractivity (Wildman–Crippen MR) is 63.4 cm³/mol. The van der Waals surface area contributed by atoms with Gasteiger partial charge < -0.3 is 4.90 Å². The largest absolute Gasteiger partial charge is 0.306 e. The minimum absolute atomic E-state index is 0.191. The summed E-state index contributed by atoms with van der Waals surface area (Å²) in [5.74, 6) is 0.339. The van der Waals surface area contributed by atoms with Gasteiger partial charge in [0.25, 0.3) is 0 Å². The standard InChI is InChI=1S/C13H20FN/c1-4-13(14)6-5-11(2)12-7-9-15(3)10-8-12/h4-6,12H,2,7-10H2,1,3H3/b6-5-,13-4+. The first kappa shape index (κ1) is 12.2. The van der Waals surface area contributed by atoms with Crippen LogP contribution in [0.2, 0.25) is 0 Å². The molecule has 0 aliphatic carbocycles. The zero-order valence-corrected chi connectivity index (χ0v) is 9.67. The van der Waals surface area contributed by atoms with Crippen molar-refractivity contribution in [3.05, 3.63) is 36.2 Å². The molecule has 1 aliphatic heterocycles. The van der Waals surface area contributed by atoms with E-state index in [1.54, 1.807) is 6.92 Å². The molecule has 0 aromatic heterocycles. The lowest BCUT2D eigenvalue weighted by molar-refractivity contribution is 0.240. The van der Waals surface area contributed by atoms with Crippen LogP contribution in [0.15, 0.2) is 36.2 Å². The Hall–Kier alpha value is -0.890. The molecule has 1 saturated heterocycles. The van der Waals surface area contributed by atoms with Gasteiger partial charge in [-0.1, -0.05) is 24.3 Å². The molecule has 0 amide bonds. The summed E-state index contributed by atoms with van der Waals surface area (Å²) in [6, 6.07) is 0. The summed E-state index contributed by atoms with van der Waals surface area (Å²) in [6.07, 6.45) is 7.04. The molecular weight excluding hydrogens is 189 g/mol. The van der Waals surface area contributed by atoms with E-state index >= 15 is 0 Å². The average molecular weight is 209 g/mol. The van der Waals surface area contributed by atoms with Gasteiger partial charge in [-0.05, 0) is 51.9 Å². The highest BCUT2D eigenvalue weighted by atomic mass is 19.1. The third kappa shape index (κ3) is 4.00. The number of nitrogens with zero attached hydrogens (tertiary/aromatic N) is 1. The molecule has 1 rings (SSSR count). The summed E-state index contributed by atoms with van der Waals surface area (Å²) in [7, 11) is 2.13. The number of rotatable bonds is 3. The maximum absolute atomic E-state index is 12.8. The van der Waals surface area contributed by atoms with E-state index in [0.717, 1.165) is 31.5 Å².